The molecule has 0 saturated heterocycles. The molecule has 0 aromatic heterocycles. The van der Waals surface area contributed by atoms with Gasteiger partial charge in [0.25, 0.3) is 0 Å². The van der Waals surface area contributed by atoms with E-state index in [1.807, 2.05) is 13.0 Å². The molecule has 0 unspecified atom stereocenters. The lowest BCUT2D eigenvalue weighted by Gasteiger charge is -2.09. The Bertz CT molecular complexity index is 277. The van der Waals surface area contributed by atoms with E-state index < -0.39 is 5.24 Å². The highest BCUT2D eigenvalue weighted by Crippen LogP contribution is 2.15. The van der Waals surface area contributed by atoms with Gasteiger partial charge < -0.3 is 0 Å². The minimum Gasteiger partial charge on any atom is -0.276 e. The van der Waals surface area contributed by atoms with E-state index in [1.165, 1.54) is 25.3 Å². The van der Waals surface area contributed by atoms with Crippen molar-refractivity contribution in [3.8, 4) is 0 Å². The fraction of sp³-hybridized carbons (Fsp3) is 0.667. The molecule has 0 heterocycles. The van der Waals surface area contributed by atoms with E-state index in [-0.39, 0.29) is 0 Å². The van der Waals surface area contributed by atoms with Gasteiger partial charge >= 0.3 is 0 Å². The van der Waals surface area contributed by atoms with Gasteiger partial charge in [0.15, 0.2) is 0 Å². The lowest BCUT2D eigenvalue weighted by molar-refractivity contribution is -0.107. The van der Waals surface area contributed by atoms with Crippen molar-refractivity contribution >= 4 is 16.8 Å². The summed E-state index contributed by atoms with van der Waals surface area (Å²) in [4.78, 5) is 10.6. The first-order valence-electron chi connectivity index (χ1n) is 6.46. The normalized spacial score (nSPS) is 14.6. The first kappa shape index (κ1) is 16.4. The molecule has 2 heteroatoms. The van der Waals surface area contributed by atoms with Crippen LogP contribution in [-0.2, 0) is 4.79 Å². The summed E-state index contributed by atoms with van der Waals surface area (Å²) < 4.78 is 0. The van der Waals surface area contributed by atoms with Crippen LogP contribution >= 0.6 is 11.6 Å². The van der Waals surface area contributed by atoms with Crippen LogP contribution in [0.1, 0.15) is 53.4 Å². The summed E-state index contributed by atoms with van der Waals surface area (Å²) in [5.74, 6) is 1.52. The number of allylic oxidation sites excluding steroid dienone is 4. The Kier molecular flexibility index (Phi) is 9.16. The van der Waals surface area contributed by atoms with Gasteiger partial charge in [0.1, 0.15) is 0 Å². The van der Waals surface area contributed by atoms with E-state index in [0.29, 0.717) is 5.92 Å². The van der Waals surface area contributed by atoms with Crippen molar-refractivity contribution in [2.45, 2.75) is 53.4 Å². The predicted octanol–water partition coefficient (Wildman–Crippen LogP) is 5.11. The van der Waals surface area contributed by atoms with Crippen LogP contribution in [0.25, 0.3) is 0 Å². The Hall–Kier alpha value is -0.560. The topological polar surface area (TPSA) is 17.1 Å². The maximum Gasteiger partial charge on any atom is 0.245 e. The second-order valence-corrected chi connectivity index (χ2v) is 5.63. The summed E-state index contributed by atoms with van der Waals surface area (Å²) in [6.45, 7) is 8.69. The van der Waals surface area contributed by atoms with Crippen molar-refractivity contribution in [2.24, 2.45) is 11.8 Å². The lowest BCUT2D eigenvalue weighted by atomic mass is 9.97. The van der Waals surface area contributed by atoms with Gasteiger partial charge in [0.05, 0.1) is 0 Å². The fourth-order valence-electron chi connectivity index (χ4n) is 1.71. The minimum atomic E-state index is -0.405. The van der Waals surface area contributed by atoms with Gasteiger partial charge in [-0.3, -0.25) is 4.79 Å². The zero-order valence-electron chi connectivity index (χ0n) is 11.5. The van der Waals surface area contributed by atoms with Crippen molar-refractivity contribution in [3.63, 3.8) is 0 Å². The Labute approximate surface area is 111 Å². The monoisotopic (exact) mass is 256 g/mol. The summed E-state index contributed by atoms with van der Waals surface area (Å²) in [5.41, 5.74) is 0.916. The van der Waals surface area contributed by atoms with E-state index in [2.05, 4.69) is 26.8 Å². The summed E-state index contributed by atoms with van der Waals surface area (Å²) in [5, 5.41) is -0.405. The molecule has 0 saturated carbocycles. The number of carbonyl (C=O) groups excluding carboxylic acids is 1. The summed E-state index contributed by atoms with van der Waals surface area (Å²) in [7, 11) is 0. The van der Waals surface area contributed by atoms with Gasteiger partial charge in [-0.05, 0) is 42.4 Å². The zero-order chi connectivity index (χ0) is 13.3. The standard InChI is InChI=1S/C15H25ClO/c1-12(2)7-5-8-13(3)9-6-10-14(4)11-15(16)17/h6,10-13H,5,7-9H2,1-4H3/b10-6+,14-11+/t13-/m1/s1. The highest BCUT2D eigenvalue weighted by molar-refractivity contribution is 6.66. The Balaban J connectivity index is 3.79. The van der Waals surface area contributed by atoms with Crippen LogP contribution in [0.3, 0.4) is 0 Å². The quantitative estimate of drug-likeness (QED) is 0.335. The van der Waals surface area contributed by atoms with Crippen molar-refractivity contribution in [1.29, 1.82) is 0 Å². The van der Waals surface area contributed by atoms with Gasteiger partial charge in [-0.1, -0.05) is 52.2 Å². The molecule has 98 valence electrons. The number of hydrogen-bond acceptors (Lipinski definition) is 1. The first-order valence-corrected chi connectivity index (χ1v) is 6.84. The van der Waals surface area contributed by atoms with Crippen molar-refractivity contribution in [1.82, 2.24) is 0 Å². The van der Waals surface area contributed by atoms with E-state index in [1.54, 1.807) is 0 Å². The number of hydrogen-bond donors (Lipinski definition) is 0. The molecule has 0 radical (unpaired) electrons. The molecular formula is C15H25ClO. The number of rotatable bonds is 8. The van der Waals surface area contributed by atoms with Gasteiger partial charge in [0, 0.05) is 6.08 Å². The molecule has 0 amide bonds. The zero-order valence-corrected chi connectivity index (χ0v) is 12.3. The first-order chi connectivity index (χ1) is 7.91. The molecule has 0 aliphatic carbocycles. The van der Waals surface area contributed by atoms with Crippen molar-refractivity contribution < 1.29 is 4.79 Å². The molecule has 0 aliphatic rings. The van der Waals surface area contributed by atoms with Crippen LogP contribution in [0.5, 0.6) is 0 Å². The van der Waals surface area contributed by atoms with E-state index in [9.17, 15) is 4.79 Å². The summed E-state index contributed by atoms with van der Waals surface area (Å²) in [6.07, 6.45) is 10.5. The largest absolute Gasteiger partial charge is 0.276 e. The van der Waals surface area contributed by atoms with E-state index in [0.717, 1.165) is 17.9 Å². The highest BCUT2D eigenvalue weighted by atomic mass is 35.5. The van der Waals surface area contributed by atoms with Crippen LogP contribution in [0.4, 0.5) is 0 Å². The average Bonchev–Trinajstić information content (AvgIpc) is 2.15. The smallest absolute Gasteiger partial charge is 0.245 e. The number of carbonyl (C=O) groups is 1. The molecule has 1 atom stereocenters. The lowest BCUT2D eigenvalue weighted by Crippen LogP contribution is -1.95. The third kappa shape index (κ3) is 11.7. The van der Waals surface area contributed by atoms with E-state index >= 15 is 0 Å². The summed E-state index contributed by atoms with van der Waals surface area (Å²) in [6, 6.07) is 0. The van der Waals surface area contributed by atoms with Gasteiger partial charge in [0.2, 0.25) is 5.24 Å². The van der Waals surface area contributed by atoms with Crippen molar-refractivity contribution in [2.75, 3.05) is 0 Å². The second kappa shape index (κ2) is 9.47. The van der Waals surface area contributed by atoms with Crippen LogP contribution in [-0.4, -0.2) is 5.24 Å². The molecular weight excluding hydrogens is 232 g/mol. The minimum absolute atomic E-state index is 0.405. The third-order valence-electron chi connectivity index (χ3n) is 2.74. The van der Waals surface area contributed by atoms with Crippen LogP contribution in [0, 0.1) is 11.8 Å². The average molecular weight is 257 g/mol. The van der Waals surface area contributed by atoms with Gasteiger partial charge in [-0.15, -0.1) is 0 Å². The van der Waals surface area contributed by atoms with Crippen molar-refractivity contribution in [3.05, 3.63) is 23.8 Å². The molecule has 17 heavy (non-hydrogen) atoms. The summed E-state index contributed by atoms with van der Waals surface area (Å²) >= 11 is 5.26. The SMILES string of the molecule is CC(/C=C/C[C@H](C)CCCC(C)C)=C\C(=O)Cl. The molecule has 0 aromatic carbocycles. The Morgan fingerprint density at radius 1 is 1.24 bits per heavy atom. The molecule has 0 aliphatic heterocycles. The van der Waals surface area contributed by atoms with Gasteiger partial charge in [-0.2, -0.15) is 0 Å². The molecule has 0 rings (SSSR count). The second-order valence-electron chi connectivity index (χ2n) is 5.26. The number of halogens is 1. The maximum absolute atomic E-state index is 10.6. The molecule has 0 fully saturated rings. The molecule has 0 N–H and O–H groups in total. The van der Waals surface area contributed by atoms with Crippen LogP contribution in [0.2, 0.25) is 0 Å². The van der Waals surface area contributed by atoms with Crippen LogP contribution in [0.15, 0.2) is 23.8 Å². The maximum atomic E-state index is 10.6. The Morgan fingerprint density at radius 2 is 1.88 bits per heavy atom. The third-order valence-corrected chi connectivity index (χ3v) is 2.85. The highest BCUT2D eigenvalue weighted by Gasteiger charge is 2.01. The molecule has 0 spiro atoms. The van der Waals surface area contributed by atoms with Gasteiger partial charge in [-0.25, -0.2) is 0 Å². The molecule has 0 aromatic rings. The van der Waals surface area contributed by atoms with Crippen LogP contribution < -0.4 is 0 Å². The molecule has 0 bridgehead atoms. The Morgan fingerprint density at radius 3 is 2.41 bits per heavy atom. The fourth-order valence-corrected chi connectivity index (χ4v) is 1.88. The van der Waals surface area contributed by atoms with E-state index in [4.69, 9.17) is 11.6 Å². The molecule has 1 nitrogen and oxygen atoms in total. The predicted molar refractivity (Wildman–Crippen MR) is 76.2 cm³/mol.